The van der Waals surface area contributed by atoms with Gasteiger partial charge in [-0.05, 0) is 38.5 Å². The van der Waals surface area contributed by atoms with Crippen LogP contribution in [0.1, 0.15) is 58.3 Å². The summed E-state index contributed by atoms with van der Waals surface area (Å²) in [7, 11) is 0. The molecule has 0 fully saturated rings. The Bertz CT molecular complexity index is 141. The van der Waals surface area contributed by atoms with Crippen molar-refractivity contribution in [1.29, 1.82) is 0 Å². The zero-order valence-electron chi connectivity index (χ0n) is 10.1. The van der Waals surface area contributed by atoms with Gasteiger partial charge in [-0.3, -0.25) is 0 Å². The number of hydrogen-bond acceptors (Lipinski definition) is 1. The van der Waals surface area contributed by atoms with Gasteiger partial charge in [0.1, 0.15) is 0 Å². The van der Waals surface area contributed by atoms with E-state index in [1.807, 2.05) is 0 Å². The molecule has 0 aliphatic heterocycles. The molecule has 0 atom stereocenters. The van der Waals surface area contributed by atoms with E-state index in [1.165, 1.54) is 38.5 Å². The maximum Gasteiger partial charge on any atom is 0.0433 e. The minimum absolute atomic E-state index is 0.310. The minimum atomic E-state index is 0.310. The molecule has 0 saturated carbocycles. The molecule has 0 saturated heterocycles. The molecular weight excluding hydrogens is 184 g/mol. The van der Waals surface area contributed by atoms with Gasteiger partial charge in [0.05, 0.1) is 0 Å². The molecule has 0 unspecified atom stereocenters. The van der Waals surface area contributed by atoms with E-state index in [0.717, 1.165) is 12.8 Å². The van der Waals surface area contributed by atoms with E-state index in [4.69, 9.17) is 5.11 Å². The zero-order chi connectivity index (χ0) is 11.2. The summed E-state index contributed by atoms with van der Waals surface area (Å²) in [6.07, 6.45) is 18.4. The van der Waals surface area contributed by atoms with Crippen LogP contribution in [0.25, 0.3) is 0 Å². The number of rotatable bonds is 10. The van der Waals surface area contributed by atoms with Crippen LogP contribution in [0.15, 0.2) is 24.3 Å². The van der Waals surface area contributed by atoms with Crippen LogP contribution in [0.3, 0.4) is 0 Å². The van der Waals surface area contributed by atoms with Crippen molar-refractivity contribution in [3.8, 4) is 0 Å². The second-order valence-electron chi connectivity index (χ2n) is 3.88. The van der Waals surface area contributed by atoms with Gasteiger partial charge in [0, 0.05) is 6.61 Å². The fourth-order valence-corrected chi connectivity index (χ4v) is 1.36. The topological polar surface area (TPSA) is 20.2 Å². The SMILES string of the molecule is CCCCC=CCCCC=CCCCO. The zero-order valence-corrected chi connectivity index (χ0v) is 10.1. The van der Waals surface area contributed by atoms with Crippen molar-refractivity contribution in [3.05, 3.63) is 24.3 Å². The minimum Gasteiger partial charge on any atom is -0.396 e. The van der Waals surface area contributed by atoms with Crippen LogP contribution in [0, 0.1) is 0 Å². The van der Waals surface area contributed by atoms with Crippen LogP contribution in [-0.4, -0.2) is 11.7 Å². The third-order valence-electron chi connectivity index (χ3n) is 2.33. The molecule has 1 nitrogen and oxygen atoms in total. The van der Waals surface area contributed by atoms with E-state index in [2.05, 4.69) is 31.2 Å². The van der Waals surface area contributed by atoms with Crippen molar-refractivity contribution < 1.29 is 5.11 Å². The van der Waals surface area contributed by atoms with Crippen molar-refractivity contribution in [2.24, 2.45) is 0 Å². The number of allylic oxidation sites excluding steroid dienone is 4. The Morgan fingerprint density at radius 2 is 1.20 bits per heavy atom. The monoisotopic (exact) mass is 210 g/mol. The molecule has 0 bridgehead atoms. The van der Waals surface area contributed by atoms with Gasteiger partial charge < -0.3 is 5.11 Å². The summed E-state index contributed by atoms with van der Waals surface area (Å²) in [5.74, 6) is 0. The fraction of sp³-hybridized carbons (Fsp3) is 0.714. The summed E-state index contributed by atoms with van der Waals surface area (Å²) in [6.45, 7) is 2.54. The first-order valence-corrected chi connectivity index (χ1v) is 6.32. The summed E-state index contributed by atoms with van der Waals surface area (Å²) in [5, 5.41) is 8.57. The number of aliphatic hydroxyl groups is 1. The molecule has 15 heavy (non-hydrogen) atoms. The molecule has 0 rings (SSSR count). The lowest BCUT2D eigenvalue weighted by atomic mass is 10.2. The average molecular weight is 210 g/mol. The second-order valence-corrected chi connectivity index (χ2v) is 3.88. The van der Waals surface area contributed by atoms with E-state index >= 15 is 0 Å². The van der Waals surface area contributed by atoms with Crippen molar-refractivity contribution in [2.45, 2.75) is 58.3 Å². The van der Waals surface area contributed by atoms with Crippen molar-refractivity contribution in [3.63, 3.8) is 0 Å². The van der Waals surface area contributed by atoms with E-state index in [-0.39, 0.29) is 0 Å². The van der Waals surface area contributed by atoms with Gasteiger partial charge in [0.25, 0.3) is 0 Å². The molecule has 0 aromatic rings. The molecule has 88 valence electrons. The molecule has 0 aliphatic rings. The van der Waals surface area contributed by atoms with Crippen LogP contribution >= 0.6 is 0 Å². The van der Waals surface area contributed by atoms with E-state index in [9.17, 15) is 0 Å². The highest BCUT2D eigenvalue weighted by molar-refractivity contribution is 4.85. The molecule has 0 heterocycles. The first kappa shape index (κ1) is 14.4. The molecule has 0 aromatic heterocycles. The first-order valence-electron chi connectivity index (χ1n) is 6.32. The standard InChI is InChI=1S/C14H26O/c1-2-3-4-5-6-7-8-9-10-11-12-13-14-15/h5-6,10-11,15H,2-4,7-9,12-14H2,1H3. The van der Waals surface area contributed by atoms with Gasteiger partial charge in [0.15, 0.2) is 0 Å². The maximum atomic E-state index is 8.57. The second kappa shape index (κ2) is 13.4. The Morgan fingerprint density at radius 1 is 0.733 bits per heavy atom. The quantitative estimate of drug-likeness (QED) is 0.422. The smallest absolute Gasteiger partial charge is 0.0433 e. The summed E-state index contributed by atoms with van der Waals surface area (Å²) < 4.78 is 0. The number of hydrogen-bond donors (Lipinski definition) is 1. The predicted octanol–water partition coefficient (Wildman–Crippen LogP) is 4.23. The van der Waals surface area contributed by atoms with Gasteiger partial charge in [-0.15, -0.1) is 0 Å². The lowest BCUT2D eigenvalue weighted by Gasteiger charge is -1.92. The van der Waals surface area contributed by atoms with Gasteiger partial charge in [-0.1, -0.05) is 44.1 Å². The average Bonchev–Trinajstić information content (AvgIpc) is 2.26. The van der Waals surface area contributed by atoms with Crippen molar-refractivity contribution in [1.82, 2.24) is 0 Å². The highest BCUT2D eigenvalue weighted by Gasteiger charge is 1.82. The van der Waals surface area contributed by atoms with E-state index < -0.39 is 0 Å². The highest BCUT2D eigenvalue weighted by atomic mass is 16.2. The van der Waals surface area contributed by atoms with Crippen LogP contribution in [0.5, 0.6) is 0 Å². The summed E-state index contributed by atoms with van der Waals surface area (Å²) in [6, 6.07) is 0. The van der Waals surface area contributed by atoms with Crippen LogP contribution in [0.4, 0.5) is 0 Å². The molecule has 0 aromatic carbocycles. The Balaban J connectivity index is 3.10. The lowest BCUT2D eigenvalue weighted by molar-refractivity contribution is 0.289. The number of unbranched alkanes of at least 4 members (excludes halogenated alkanes) is 5. The first-order chi connectivity index (χ1) is 7.41. The van der Waals surface area contributed by atoms with Gasteiger partial charge in [-0.2, -0.15) is 0 Å². The third kappa shape index (κ3) is 13.4. The summed E-state index contributed by atoms with van der Waals surface area (Å²) in [5.41, 5.74) is 0. The Kier molecular flexibility index (Phi) is 12.9. The Hall–Kier alpha value is -0.560. The van der Waals surface area contributed by atoms with E-state index in [1.54, 1.807) is 0 Å². The van der Waals surface area contributed by atoms with Crippen LogP contribution in [0.2, 0.25) is 0 Å². The lowest BCUT2D eigenvalue weighted by Crippen LogP contribution is -1.78. The van der Waals surface area contributed by atoms with Gasteiger partial charge >= 0.3 is 0 Å². The summed E-state index contributed by atoms with van der Waals surface area (Å²) >= 11 is 0. The van der Waals surface area contributed by atoms with Gasteiger partial charge in [0.2, 0.25) is 0 Å². The van der Waals surface area contributed by atoms with Crippen molar-refractivity contribution >= 4 is 0 Å². The van der Waals surface area contributed by atoms with Crippen molar-refractivity contribution in [2.75, 3.05) is 6.61 Å². The Morgan fingerprint density at radius 3 is 1.67 bits per heavy atom. The third-order valence-corrected chi connectivity index (χ3v) is 2.33. The molecule has 0 spiro atoms. The highest BCUT2D eigenvalue weighted by Crippen LogP contribution is 2.02. The summed E-state index contributed by atoms with van der Waals surface area (Å²) in [4.78, 5) is 0. The molecular formula is C14H26O. The fourth-order valence-electron chi connectivity index (χ4n) is 1.36. The molecule has 0 aliphatic carbocycles. The maximum absolute atomic E-state index is 8.57. The number of aliphatic hydroxyl groups excluding tert-OH is 1. The van der Waals surface area contributed by atoms with Crippen LogP contribution in [-0.2, 0) is 0 Å². The van der Waals surface area contributed by atoms with E-state index in [0.29, 0.717) is 6.61 Å². The largest absolute Gasteiger partial charge is 0.396 e. The van der Waals surface area contributed by atoms with Gasteiger partial charge in [-0.25, -0.2) is 0 Å². The predicted molar refractivity (Wildman–Crippen MR) is 68.0 cm³/mol. The molecule has 0 radical (unpaired) electrons. The molecule has 1 heteroatoms. The molecule has 0 amide bonds. The normalized spacial score (nSPS) is 11.9. The Labute approximate surface area is 94.9 Å². The van der Waals surface area contributed by atoms with Crippen LogP contribution < -0.4 is 0 Å². The molecule has 1 N–H and O–H groups in total.